The van der Waals surface area contributed by atoms with E-state index >= 15 is 0 Å². The second kappa shape index (κ2) is 7.81. The highest BCUT2D eigenvalue weighted by Gasteiger charge is 2.89. The average Bonchev–Trinajstić information content (AvgIpc) is 2.56. The summed E-state index contributed by atoms with van der Waals surface area (Å²) in [4.78, 5) is 11.4. The van der Waals surface area contributed by atoms with Gasteiger partial charge in [-0.1, -0.05) is 15.9 Å². The van der Waals surface area contributed by atoms with Crippen LogP contribution in [-0.2, 0) is 4.79 Å². The molecular weight excluding hydrogens is 574 g/mol. The highest BCUT2D eigenvalue weighted by Crippen LogP contribution is 2.58. The van der Waals surface area contributed by atoms with E-state index in [1.54, 1.807) is 0 Å². The zero-order valence-corrected chi connectivity index (χ0v) is 16.2. The van der Waals surface area contributed by atoms with Crippen molar-refractivity contribution in [2.24, 2.45) is 0 Å². The second-order valence-corrected chi connectivity index (χ2v) is 7.07. The summed E-state index contributed by atoms with van der Waals surface area (Å²) in [7, 11) is 0. The molecule has 1 rings (SSSR count). The van der Waals surface area contributed by atoms with Gasteiger partial charge in [0, 0.05) is 8.95 Å². The quantitative estimate of drug-likeness (QED) is 0.363. The molecule has 1 amide bonds. The number of nitrogens with one attached hydrogen (secondary N) is 1. The number of rotatable bonds is 7. The van der Waals surface area contributed by atoms with Crippen LogP contribution in [0.25, 0.3) is 0 Å². The van der Waals surface area contributed by atoms with Crippen LogP contribution >= 0.6 is 31.9 Å². The molecule has 0 spiro atoms. The van der Waals surface area contributed by atoms with Crippen LogP contribution in [0, 0.1) is 0 Å². The Labute approximate surface area is 169 Å². The van der Waals surface area contributed by atoms with Gasteiger partial charge in [0.2, 0.25) is 0 Å². The number of anilines is 1. The predicted octanol–water partition coefficient (Wildman–Crippen LogP) is 6.59. The normalized spacial score (nSPS) is 14.3. The maximum atomic E-state index is 13.7. The van der Waals surface area contributed by atoms with Crippen LogP contribution in [0.4, 0.5) is 58.4 Å². The first-order chi connectivity index (χ1) is 12.7. The number of amides is 1. The van der Waals surface area contributed by atoms with Crippen molar-refractivity contribution in [3.8, 4) is 0 Å². The van der Waals surface area contributed by atoms with Gasteiger partial charge in [0.25, 0.3) is 0 Å². The van der Waals surface area contributed by atoms with Gasteiger partial charge in [-0.05, 0) is 34.1 Å². The summed E-state index contributed by atoms with van der Waals surface area (Å²) in [6.07, 6.45) is -5.61. The first-order valence-corrected chi connectivity index (χ1v) is 8.27. The fourth-order valence-electron chi connectivity index (χ4n) is 1.67. The highest BCUT2D eigenvalue weighted by atomic mass is 79.9. The number of halogens is 14. The third-order valence-corrected chi connectivity index (χ3v) is 4.49. The summed E-state index contributed by atoms with van der Waals surface area (Å²) in [5, 5.41) is 1.02. The Morgan fingerprint density at radius 1 is 0.828 bits per heavy atom. The molecule has 0 aliphatic rings. The highest BCUT2D eigenvalue weighted by molar-refractivity contribution is 9.11. The predicted molar refractivity (Wildman–Crippen MR) is 81.2 cm³/mol. The van der Waals surface area contributed by atoms with Crippen molar-refractivity contribution in [2.45, 2.75) is 36.0 Å². The topological polar surface area (TPSA) is 29.1 Å². The number of carbonyl (C=O) groups excluding carboxylic acids is 1. The molecule has 0 saturated carbocycles. The number of carbonyl (C=O) groups is 1. The molecule has 0 fully saturated rings. The first-order valence-electron chi connectivity index (χ1n) is 6.69. The summed E-state index contributed by atoms with van der Waals surface area (Å²) >= 11 is 5.56. The van der Waals surface area contributed by atoms with E-state index in [0.717, 1.165) is 23.5 Å². The monoisotopic (exact) mass is 577 g/mol. The fraction of sp³-hybridized carbons (Fsp3) is 0.462. The lowest BCUT2D eigenvalue weighted by Crippen LogP contribution is -2.70. The average molecular weight is 579 g/mol. The zero-order chi connectivity index (χ0) is 23.2. The largest absolute Gasteiger partial charge is 0.393 e. The standard InChI is InChI=1S/C13H5Br2F12NO/c14-4-1-2-6(5(15)3-4)28-8(29)10(20,21)12(24,25)13(26,27)11(22,23)9(18,19)7(16)17/h1-3,7H,(H,28,29). The Morgan fingerprint density at radius 3 is 1.72 bits per heavy atom. The van der Waals surface area contributed by atoms with Gasteiger partial charge in [0.05, 0.1) is 5.69 Å². The maximum Gasteiger partial charge on any atom is 0.393 e. The third kappa shape index (κ3) is 4.05. The minimum atomic E-state index is -7.77. The number of hydrogen-bond donors (Lipinski definition) is 1. The van der Waals surface area contributed by atoms with Crippen LogP contribution in [0.5, 0.6) is 0 Å². The Hall–Kier alpha value is -1.19. The van der Waals surface area contributed by atoms with Gasteiger partial charge in [0.15, 0.2) is 0 Å². The van der Waals surface area contributed by atoms with Gasteiger partial charge in [-0.3, -0.25) is 4.79 Å². The second-order valence-electron chi connectivity index (χ2n) is 5.30. The Morgan fingerprint density at radius 2 is 1.31 bits per heavy atom. The summed E-state index contributed by atoms with van der Waals surface area (Å²) < 4.78 is 157. The molecule has 1 aromatic rings. The van der Waals surface area contributed by atoms with Gasteiger partial charge in [-0.25, -0.2) is 8.78 Å². The summed E-state index contributed by atoms with van der Waals surface area (Å²) in [6, 6.07) is 2.92. The van der Waals surface area contributed by atoms with E-state index in [2.05, 4.69) is 31.9 Å². The lowest BCUT2D eigenvalue weighted by atomic mass is 9.94. The van der Waals surface area contributed by atoms with E-state index in [-0.39, 0.29) is 8.95 Å². The fourth-order valence-corrected chi connectivity index (χ4v) is 2.82. The molecule has 0 heterocycles. The van der Waals surface area contributed by atoms with Gasteiger partial charge in [-0.2, -0.15) is 43.9 Å². The van der Waals surface area contributed by atoms with Crippen molar-refractivity contribution in [3.63, 3.8) is 0 Å². The lowest BCUT2D eigenvalue weighted by molar-refractivity contribution is -0.406. The first kappa shape index (κ1) is 25.8. The van der Waals surface area contributed by atoms with Gasteiger partial charge < -0.3 is 5.32 Å². The van der Waals surface area contributed by atoms with Crippen molar-refractivity contribution in [3.05, 3.63) is 27.1 Å². The Kier molecular flexibility index (Phi) is 6.96. The van der Waals surface area contributed by atoms with E-state index in [9.17, 15) is 57.5 Å². The molecule has 0 unspecified atom stereocenters. The van der Waals surface area contributed by atoms with Crippen molar-refractivity contribution < 1.29 is 57.5 Å². The van der Waals surface area contributed by atoms with E-state index < -0.39 is 47.6 Å². The van der Waals surface area contributed by atoms with Crippen LogP contribution < -0.4 is 5.32 Å². The van der Waals surface area contributed by atoms with E-state index in [0.29, 0.717) is 0 Å². The maximum absolute atomic E-state index is 13.7. The minimum Gasteiger partial charge on any atom is -0.320 e. The summed E-state index contributed by atoms with van der Waals surface area (Å²) in [5.41, 5.74) is -0.721. The number of alkyl halides is 12. The smallest absolute Gasteiger partial charge is 0.320 e. The van der Waals surface area contributed by atoms with E-state index in [1.165, 1.54) is 0 Å². The molecule has 0 bridgehead atoms. The minimum absolute atomic E-state index is 0.263. The van der Waals surface area contributed by atoms with Crippen molar-refractivity contribution in [1.82, 2.24) is 0 Å². The van der Waals surface area contributed by atoms with Crippen LogP contribution in [0.15, 0.2) is 27.1 Å². The molecule has 0 radical (unpaired) electrons. The molecule has 2 nitrogen and oxygen atoms in total. The van der Waals surface area contributed by atoms with Gasteiger partial charge in [0.1, 0.15) is 0 Å². The molecule has 0 aliphatic carbocycles. The van der Waals surface area contributed by atoms with E-state index in [4.69, 9.17) is 0 Å². The SMILES string of the molecule is O=C(Nc1ccc(Br)cc1Br)C(F)(F)C(F)(F)C(F)(F)C(F)(F)C(F)(F)C(F)F. The molecular formula is C13H5Br2F12NO. The molecule has 0 aromatic heterocycles. The zero-order valence-electron chi connectivity index (χ0n) is 13.0. The van der Waals surface area contributed by atoms with Crippen molar-refractivity contribution in [1.29, 1.82) is 0 Å². The van der Waals surface area contributed by atoms with Crippen molar-refractivity contribution >= 4 is 43.5 Å². The van der Waals surface area contributed by atoms with Crippen molar-refractivity contribution in [2.75, 3.05) is 5.32 Å². The molecule has 1 N–H and O–H groups in total. The molecule has 1 aromatic carbocycles. The number of benzene rings is 1. The van der Waals surface area contributed by atoms with Crippen LogP contribution in [0.3, 0.4) is 0 Å². The summed E-state index contributed by atoms with van der Waals surface area (Å²) in [6.45, 7) is 0. The molecule has 0 atom stereocenters. The Bertz CT molecular complexity index is 783. The molecule has 0 aliphatic heterocycles. The van der Waals surface area contributed by atoms with Crippen LogP contribution in [-0.4, -0.2) is 41.9 Å². The third-order valence-electron chi connectivity index (χ3n) is 3.34. The molecule has 0 saturated heterocycles. The van der Waals surface area contributed by atoms with Crippen LogP contribution in [0.2, 0.25) is 0 Å². The Balaban J connectivity index is 3.37. The lowest BCUT2D eigenvalue weighted by Gasteiger charge is -2.38. The van der Waals surface area contributed by atoms with E-state index in [1.807, 2.05) is 0 Å². The van der Waals surface area contributed by atoms with Gasteiger partial charge in [-0.15, -0.1) is 0 Å². The molecule has 16 heteroatoms. The molecule has 29 heavy (non-hydrogen) atoms. The van der Waals surface area contributed by atoms with Gasteiger partial charge >= 0.3 is 41.9 Å². The van der Waals surface area contributed by atoms with Crippen LogP contribution in [0.1, 0.15) is 0 Å². The summed E-state index contributed by atoms with van der Waals surface area (Å²) in [5.74, 6) is -40.1. The molecule has 166 valence electrons. The number of hydrogen-bond acceptors (Lipinski definition) is 1.